The number of aromatic nitrogens is 1. The van der Waals surface area contributed by atoms with Crippen LogP contribution >= 0.6 is 11.3 Å². The Kier molecular flexibility index (Phi) is 4.49. The third-order valence-corrected chi connectivity index (χ3v) is 3.79. The number of hydrogen-bond donors (Lipinski definition) is 0. The van der Waals surface area contributed by atoms with E-state index in [1.165, 1.54) is 30.7 Å². The number of nitrogens with zero attached hydrogens (tertiary/aromatic N) is 2. The summed E-state index contributed by atoms with van der Waals surface area (Å²) in [5.41, 5.74) is 0.776. The van der Waals surface area contributed by atoms with Gasteiger partial charge in [0.1, 0.15) is 17.7 Å². The van der Waals surface area contributed by atoms with E-state index in [1.807, 2.05) is 6.92 Å². The van der Waals surface area contributed by atoms with Gasteiger partial charge in [-0.05, 0) is 35.0 Å². The van der Waals surface area contributed by atoms with Crippen LogP contribution in [0.2, 0.25) is 0 Å². The number of hydrogen-bond acceptors (Lipinski definition) is 7. The van der Waals surface area contributed by atoms with Gasteiger partial charge in [-0.25, -0.2) is 4.79 Å². The van der Waals surface area contributed by atoms with E-state index in [-0.39, 0.29) is 18.2 Å². The van der Waals surface area contributed by atoms with Crippen LogP contribution in [0.1, 0.15) is 20.1 Å². The van der Waals surface area contributed by atoms with Crippen molar-refractivity contribution < 1.29 is 19.2 Å². The zero-order valence-electron chi connectivity index (χ0n) is 11.4. The van der Waals surface area contributed by atoms with E-state index in [2.05, 4.69) is 9.72 Å². The minimum Gasteiger partial charge on any atom is -0.481 e. The Morgan fingerprint density at radius 3 is 2.95 bits per heavy atom. The van der Waals surface area contributed by atoms with Crippen molar-refractivity contribution in [1.82, 2.24) is 4.98 Å². The van der Waals surface area contributed by atoms with E-state index < -0.39 is 10.9 Å². The first-order chi connectivity index (χ1) is 10.0. The molecule has 0 aliphatic rings. The average molecular weight is 308 g/mol. The van der Waals surface area contributed by atoms with Crippen molar-refractivity contribution >= 4 is 23.1 Å². The molecule has 7 nitrogen and oxygen atoms in total. The second kappa shape index (κ2) is 6.31. The summed E-state index contributed by atoms with van der Waals surface area (Å²) in [4.78, 5) is 26.7. The van der Waals surface area contributed by atoms with E-state index in [0.717, 1.165) is 10.4 Å². The third kappa shape index (κ3) is 3.34. The Labute approximate surface area is 124 Å². The lowest BCUT2D eigenvalue weighted by atomic mass is 10.2. The van der Waals surface area contributed by atoms with E-state index in [4.69, 9.17) is 4.74 Å². The molecule has 21 heavy (non-hydrogen) atoms. The summed E-state index contributed by atoms with van der Waals surface area (Å²) in [5, 5.41) is 10.8. The predicted molar refractivity (Wildman–Crippen MR) is 75.6 cm³/mol. The summed E-state index contributed by atoms with van der Waals surface area (Å²) in [6.45, 7) is 1.96. The highest BCUT2D eigenvalue weighted by atomic mass is 32.1. The second-order valence-electron chi connectivity index (χ2n) is 4.05. The zero-order valence-corrected chi connectivity index (χ0v) is 12.2. The highest BCUT2D eigenvalue weighted by molar-refractivity contribution is 7.14. The number of rotatable bonds is 5. The fourth-order valence-electron chi connectivity index (χ4n) is 1.65. The zero-order chi connectivity index (χ0) is 15.4. The molecule has 2 aromatic heterocycles. The lowest BCUT2D eigenvalue weighted by Crippen LogP contribution is -2.01. The van der Waals surface area contributed by atoms with Gasteiger partial charge in [-0.15, -0.1) is 11.3 Å². The van der Waals surface area contributed by atoms with Gasteiger partial charge < -0.3 is 19.6 Å². The monoisotopic (exact) mass is 308 g/mol. The number of aryl methyl sites for hydroxylation is 1. The lowest BCUT2D eigenvalue weighted by Gasteiger charge is -2.05. The highest BCUT2D eigenvalue weighted by Gasteiger charge is 2.17. The van der Waals surface area contributed by atoms with E-state index in [1.54, 1.807) is 12.1 Å². The largest absolute Gasteiger partial charge is 0.481 e. The van der Waals surface area contributed by atoms with E-state index in [0.29, 0.717) is 4.88 Å². The van der Waals surface area contributed by atoms with Gasteiger partial charge in [-0.1, -0.05) is 0 Å². The smallest absolute Gasteiger partial charge is 0.406 e. The SMILES string of the molecule is COC(=O)c1cc(COc2cccnc2[N+](=O)[O-])c(C)s1. The molecule has 0 bridgehead atoms. The van der Waals surface area contributed by atoms with Crippen LogP contribution in [0.25, 0.3) is 0 Å². The summed E-state index contributed by atoms with van der Waals surface area (Å²) >= 11 is 1.29. The van der Waals surface area contributed by atoms with E-state index >= 15 is 0 Å². The number of esters is 1. The van der Waals surface area contributed by atoms with Crippen LogP contribution in [-0.2, 0) is 11.3 Å². The van der Waals surface area contributed by atoms with Crippen LogP contribution < -0.4 is 4.74 Å². The van der Waals surface area contributed by atoms with Crippen molar-refractivity contribution in [3.05, 3.63) is 49.8 Å². The number of ether oxygens (including phenoxy) is 2. The summed E-state index contributed by atoms with van der Waals surface area (Å²) < 4.78 is 10.1. The number of carbonyl (C=O) groups excluding carboxylic acids is 1. The van der Waals surface area contributed by atoms with Gasteiger partial charge >= 0.3 is 11.8 Å². The first-order valence-electron chi connectivity index (χ1n) is 5.92. The maximum absolute atomic E-state index is 11.4. The van der Waals surface area contributed by atoms with Gasteiger partial charge in [0, 0.05) is 10.4 Å². The minimum atomic E-state index is -0.602. The molecule has 0 atom stereocenters. The summed E-state index contributed by atoms with van der Waals surface area (Å²) in [6, 6.07) is 4.70. The topological polar surface area (TPSA) is 91.6 Å². The van der Waals surface area contributed by atoms with Gasteiger partial charge in [0.2, 0.25) is 5.75 Å². The molecule has 2 rings (SSSR count). The number of carbonyl (C=O) groups is 1. The first-order valence-corrected chi connectivity index (χ1v) is 6.74. The minimum absolute atomic E-state index is 0.0905. The molecule has 0 aliphatic carbocycles. The molecule has 0 spiro atoms. The Bertz CT molecular complexity index is 683. The van der Waals surface area contributed by atoms with E-state index in [9.17, 15) is 14.9 Å². The van der Waals surface area contributed by atoms with Gasteiger partial charge in [-0.3, -0.25) is 0 Å². The van der Waals surface area contributed by atoms with Gasteiger partial charge in [0.05, 0.1) is 7.11 Å². The quantitative estimate of drug-likeness (QED) is 0.479. The number of pyridine rings is 1. The predicted octanol–water partition coefficient (Wildman–Crippen LogP) is 2.73. The molecule has 2 aromatic rings. The number of nitro groups is 1. The van der Waals surface area contributed by atoms with Crippen molar-refractivity contribution in [3.8, 4) is 5.75 Å². The second-order valence-corrected chi connectivity index (χ2v) is 5.31. The number of methoxy groups -OCH3 is 1. The fourth-order valence-corrected chi connectivity index (χ4v) is 2.60. The van der Waals surface area contributed by atoms with Crippen LogP contribution in [-0.4, -0.2) is 23.0 Å². The molecule has 2 heterocycles. The first kappa shape index (κ1) is 14.9. The Morgan fingerprint density at radius 2 is 2.29 bits per heavy atom. The Balaban J connectivity index is 2.15. The molecule has 0 saturated heterocycles. The molecule has 0 N–H and O–H groups in total. The molecule has 0 aromatic carbocycles. The van der Waals surface area contributed by atoms with Crippen LogP contribution in [0, 0.1) is 17.0 Å². The van der Waals surface area contributed by atoms with Gasteiger partial charge in [0.15, 0.2) is 0 Å². The third-order valence-electron chi connectivity index (χ3n) is 2.71. The normalized spacial score (nSPS) is 10.2. The van der Waals surface area contributed by atoms with Crippen molar-refractivity contribution in [1.29, 1.82) is 0 Å². The Hall–Kier alpha value is -2.48. The molecule has 0 radical (unpaired) electrons. The molecule has 0 unspecified atom stereocenters. The molecule has 110 valence electrons. The van der Waals surface area contributed by atoms with Crippen molar-refractivity contribution in [2.75, 3.05) is 7.11 Å². The van der Waals surface area contributed by atoms with Crippen molar-refractivity contribution in [2.45, 2.75) is 13.5 Å². The standard InChI is InChI=1S/C13H12N2O5S/c1-8-9(6-11(21-8)13(16)19-2)7-20-10-4-3-5-14-12(10)15(17)18/h3-6H,7H2,1-2H3. The average Bonchev–Trinajstić information content (AvgIpc) is 2.85. The van der Waals surface area contributed by atoms with Crippen LogP contribution in [0.5, 0.6) is 5.75 Å². The summed E-state index contributed by atoms with van der Waals surface area (Å²) in [7, 11) is 1.31. The highest BCUT2D eigenvalue weighted by Crippen LogP contribution is 2.27. The maximum atomic E-state index is 11.4. The van der Waals surface area contributed by atoms with Crippen LogP contribution in [0.4, 0.5) is 5.82 Å². The fraction of sp³-hybridized carbons (Fsp3) is 0.231. The number of thiophene rings is 1. The molecule has 0 saturated carbocycles. The molecular weight excluding hydrogens is 296 g/mol. The molecule has 8 heteroatoms. The van der Waals surface area contributed by atoms with Gasteiger partial charge in [-0.2, -0.15) is 0 Å². The Morgan fingerprint density at radius 1 is 1.52 bits per heavy atom. The maximum Gasteiger partial charge on any atom is 0.406 e. The van der Waals surface area contributed by atoms with Crippen molar-refractivity contribution in [3.63, 3.8) is 0 Å². The lowest BCUT2D eigenvalue weighted by molar-refractivity contribution is -0.390. The van der Waals surface area contributed by atoms with Crippen LogP contribution in [0.15, 0.2) is 24.4 Å². The summed E-state index contributed by atoms with van der Waals surface area (Å²) in [6.07, 6.45) is 1.33. The molecule has 0 aliphatic heterocycles. The molecule has 0 fully saturated rings. The van der Waals surface area contributed by atoms with Gasteiger partial charge in [0.25, 0.3) is 0 Å². The van der Waals surface area contributed by atoms with Crippen molar-refractivity contribution in [2.24, 2.45) is 0 Å². The molecular formula is C13H12N2O5S. The van der Waals surface area contributed by atoms with Crippen LogP contribution in [0.3, 0.4) is 0 Å². The molecule has 0 amide bonds. The summed E-state index contributed by atoms with van der Waals surface area (Å²) in [5.74, 6) is -0.659.